The van der Waals surface area contributed by atoms with Crippen molar-refractivity contribution in [3.63, 3.8) is 0 Å². The summed E-state index contributed by atoms with van der Waals surface area (Å²) in [5.74, 6) is -8.80. The van der Waals surface area contributed by atoms with E-state index < -0.39 is 51.8 Å². The van der Waals surface area contributed by atoms with Gasteiger partial charge < -0.3 is 14.6 Å². The summed E-state index contributed by atoms with van der Waals surface area (Å²) in [6, 6.07) is 6.76. The van der Waals surface area contributed by atoms with Gasteiger partial charge in [-0.05, 0) is 55.7 Å². The lowest BCUT2D eigenvalue weighted by molar-refractivity contribution is -0.0516. The van der Waals surface area contributed by atoms with Crippen molar-refractivity contribution in [2.45, 2.75) is 31.5 Å². The van der Waals surface area contributed by atoms with Gasteiger partial charge in [0.1, 0.15) is 29.1 Å². The van der Waals surface area contributed by atoms with E-state index in [1.807, 2.05) is 0 Å². The van der Waals surface area contributed by atoms with Gasteiger partial charge in [0, 0.05) is 30.7 Å². The van der Waals surface area contributed by atoms with Crippen LogP contribution in [0.4, 0.5) is 22.0 Å². The fourth-order valence-corrected chi connectivity index (χ4v) is 4.85. The number of ether oxygens (including phenoxy) is 2. The number of benzene rings is 3. The molecular weight excluding hydrogens is 495 g/mol. The van der Waals surface area contributed by atoms with Crippen LogP contribution in [0.1, 0.15) is 47.2 Å². The average molecular weight is 516 g/mol. The lowest BCUT2D eigenvalue weighted by Crippen LogP contribution is -2.39. The van der Waals surface area contributed by atoms with Crippen LogP contribution in [0, 0.1) is 35.0 Å². The molecule has 2 aliphatic rings. The molecule has 0 amide bonds. The Morgan fingerprint density at radius 1 is 0.865 bits per heavy atom. The molecule has 9 heteroatoms. The lowest BCUT2D eigenvalue weighted by atomic mass is 9.84. The Bertz CT molecular complexity index is 1370. The summed E-state index contributed by atoms with van der Waals surface area (Å²) in [4.78, 5) is 13.0. The third-order valence-electron chi connectivity index (χ3n) is 6.71. The second kappa shape index (κ2) is 9.63. The zero-order valence-corrected chi connectivity index (χ0v) is 19.4. The van der Waals surface area contributed by atoms with Crippen molar-refractivity contribution in [2.24, 2.45) is 5.92 Å². The van der Waals surface area contributed by atoms with E-state index >= 15 is 4.39 Å². The molecule has 192 valence electrons. The molecule has 3 aromatic carbocycles. The van der Waals surface area contributed by atoms with Gasteiger partial charge in [-0.25, -0.2) is 22.0 Å². The highest BCUT2D eigenvalue weighted by atomic mass is 19.1. The van der Waals surface area contributed by atoms with E-state index in [2.05, 4.69) is 0 Å². The Labute approximate surface area is 209 Å². The van der Waals surface area contributed by atoms with Crippen LogP contribution in [0.25, 0.3) is 0 Å². The summed E-state index contributed by atoms with van der Waals surface area (Å²) < 4.78 is 83.8. The molecule has 0 radical (unpaired) electrons. The summed E-state index contributed by atoms with van der Waals surface area (Å²) >= 11 is 0. The van der Waals surface area contributed by atoms with Gasteiger partial charge in [0.15, 0.2) is 17.3 Å². The first kappa shape index (κ1) is 25.0. The van der Waals surface area contributed by atoms with Gasteiger partial charge in [-0.1, -0.05) is 12.0 Å². The summed E-state index contributed by atoms with van der Waals surface area (Å²) in [5.41, 5.74) is -0.544. The molecule has 3 aromatic rings. The van der Waals surface area contributed by atoms with Crippen LogP contribution < -0.4 is 9.47 Å². The molecule has 37 heavy (non-hydrogen) atoms. The van der Waals surface area contributed by atoms with Crippen molar-refractivity contribution < 1.29 is 41.3 Å². The minimum absolute atomic E-state index is 0.127. The maximum absolute atomic E-state index is 15.1. The minimum Gasteiger partial charge on any atom is -0.440 e. The predicted octanol–water partition coefficient (Wildman–Crippen LogP) is 6.35. The van der Waals surface area contributed by atoms with Crippen molar-refractivity contribution in [3.8, 4) is 11.5 Å². The van der Waals surface area contributed by atoms with Crippen LogP contribution in [-0.4, -0.2) is 17.5 Å². The predicted molar refractivity (Wildman–Crippen MR) is 123 cm³/mol. The number of carbonyl (C=O) groups is 1. The van der Waals surface area contributed by atoms with E-state index in [0.29, 0.717) is 30.5 Å². The van der Waals surface area contributed by atoms with Gasteiger partial charge in [0.2, 0.25) is 0 Å². The van der Waals surface area contributed by atoms with E-state index in [4.69, 9.17) is 9.47 Å². The highest BCUT2D eigenvalue weighted by molar-refractivity contribution is 6.05. The number of rotatable bonds is 5. The number of aliphatic hydroxyl groups excluding tert-OH is 1. The molecule has 0 unspecified atom stereocenters. The smallest absolute Gasteiger partial charge is 0.311 e. The molecule has 1 aliphatic carbocycles. The van der Waals surface area contributed by atoms with E-state index in [-0.39, 0.29) is 29.6 Å². The fraction of sp³-hybridized carbons (Fsp3) is 0.250. The minimum atomic E-state index is -2.39. The number of fused-ring (bicyclic) bond motifs is 1. The summed E-state index contributed by atoms with van der Waals surface area (Å²) in [7, 11) is 0. The maximum Gasteiger partial charge on any atom is 0.311 e. The first-order valence-electron chi connectivity index (χ1n) is 11.7. The molecule has 0 bridgehead atoms. The van der Waals surface area contributed by atoms with E-state index in [9.17, 15) is 27.5 Å². The van der Waals surface area contributed by atoms with Crippen molar-refractivity contribution in [1.82, 2.24) is 0 Å². The van der Waals surface area contributed by atoms with Crippen molar-refractivity contribution in [3.05, 3.63) is 106 Å². The van der Waals surface area contributed by atoms with Gasteiger partial charge in [-0.2, -0.15) is 0 Å². The van der Waals surface area contributed by atoms with Gasteiger partial charge in [0.25, 0.3) is 0 Å². The number of aliphatic hydroxyl groups is 1. The Balaban J connectivity index is 1.59. The second-order valence-electron chi connectivity index (χ2n) is 9.06. The SMILES string of the molecule is O=C(/C=C1/CCCC[C@H]1CO)c1cc2c(cc1F)OC(c1ccc(F)cc1F)(c1ccc(F)cc1F)O2. The molecule has 0 spiro atoms. The molecule has 1 N–H and O–H groups in total. The van der Waals surface area contributed by atoms with Gasteiger partial charge >= 0.3 is 5.79 Å². The zero-order chi connectivity index (χ0) is 26.3. The lowest BCUT2D eigenvalue weighted by Gasteiger charge is -2.29. The highest BCUT2D eigenvalue weighted by Crippen LogP contribution is 2.50. The first-order chi connectivity index (χ1) is 17.7. The Kier molecular flexibility index (Phi) is 6.49. The monoisotopic (exact) mass is 516 g/mol. The maximum atomic E-state index is 15.1. The second-order valence-corrected chi connectivity index (χ2v) is 9.06. The molecule has 1 atom stereocenters. The van der Waals surface area contributed by atoms with Crippen LogP contribution in [-0.2, 0) is 5.79 Å². The summed E-state index contributed by atoms with van der Waals surface area (Å²) in [6.07, 6.45) is 4.37. The van der Waals surface area contributed by atoms with Gasteiger partial charge in [-0.3, -0.25) is 4.79 Å². The number of ketones is 1. The normalized spacial score (nSPS) is 19.3. The van der Waals surface area contributed by atoms with Crippen LogP contribution >= 0.6 is 0 Å². The molecular formula is C28H21F5O4. The molecule has 1 fully saturated rings. The third-order valence-corrected chi connectivity index (χ3v) is 6.71. The molecule has 1 saturated carbocycles. The van der Waals surface area contributed by atoms with Gasteiger partial charge in [-0.15, -0.1) is 0 Å². The largest absolute Gasteiger partial charge is 0.440 e. The molecule has 5 rings (SSSR count). The van der Waals surface area contributed by atoms with E-state index in [0.717, 1.165) is 49.2 Å². The Hall–Kier alpha value is -3.72. The molecule has 4 nitrogen and oxygen atoms in total. The number of hydrogen-bond acceptors (Lipinski definition) is 4. The highest BCUT2D eigenvalue weighted by Gasteiger charge is 2.49. The molecule has 0 saturated heterocycles. The zero-order valence-electron chi connectivity index (χ0n) is 19.4. The first-order valence-corrected chi connectivity index (χ1v) is 11.7. The van der Waals surface area contributed by atoms with Crippen LogP contribution in [0.15, 0.2) is 60.2 Å². The number of halogens is 5. The van der Waals surface area contributed by atoms with E-state index in [1.54, 1.807) is 0 Å². The molecule has 1 heterocycles. The van der Waals surface area contributed by atoms with Crippen LogP contribution in [0.5, 0.6) is 11.5 Å². The number of hydrogen-bond donors (Lipinski definition) is 1. The standard InChI is InChI=1S/C28H21F5O4/c29-17-5-7-20(23(32)10-17)28(21-8-6-18(30)11-24(21)33)36-26-12-19(22(31)13-27(26)37-28)25(35)9-15-3-1-2-4-16(15)14-34/h5-13,16,34H,1-4,14H2/b15-9-/t16-/m0/s1. The number of allylic oxidation sites excluding steroid dienone is 1. The third kappa shape index (κ3) is 4.48. The quantitative estimate of drug-likeness (QED) is 0.244. The summed E-state index contributed by atoms with van der Waals surface area (Å²) in [6.45, 7) is -0.127. The van der Waals surface area contributed by atoms with Crippen molar-refractivity contribution in [2.75, 3.05) is 6.61 Å². The van der Waals surface area contributed by atoms with E-state index in [1.165, 1.54) is 6.08 Å². The van der Waals surface area contributed by atoms with Crippen molar-refractivity contribution >= 4 is 5.78 Å². The topological polar surface area (TPSA) is 55.8 Å². The number of carbonyl (C=O) groups excluding carboxylic acids is 1. The molecule has 1 aliphatic heterocycles. The summed E-state index contributed by atoms with van der Waals surface area (Å²) in [5, 5.41) is 9.61. The Morgan fingerprint density at radius 2 is 1.46 bits per heavy atom. The van der Waals surface area contributed by atoms with Crippen molar-refractivity contribution in [1.29, 1.82) is 0 Å². The average Bonchev–Trinajstić information content (AvgIpc) is 3.22. The molecule has 0 aromatic heterocycles. The van der Waals surface area contributed by atoms with Crippen LogP contribution in [0.3, 0.4) is 0 Å². The van der Waals surface area contributed by atoms with Crippen LogP contribution in [0.2, 0.25) is 0 Å². The fourth-order valence-electron chi connectivity index (χ4n) is 4.85. The Morgan fingerprint density at radius 3 is 2.03 bits per heavy atom. The van der Waals surface area contributed by atoms with Gasteiger partial charge in [0.05, 0.1) is 16.7 Å².